The minimum atomic E-state index is -4.46. The third kappa shape index (κ3) is 6.63. The molecule has 11 heteroatoms. The molecule has 2 aliphatic rings. The van der Waals surface area contributed by atoms with E-state index >= 15 is 0 Å². The lowest BCUT2D eigenvalue weighted by atomic mass is 9.98. The molecule has 5 rings (SSSR count). The van der Waals surface area contributed by atoms with Crippen molar-refractivity contribution in [2.75, 3.05) is 28.6 Å². The van der Waals surface area contributed by atoms with Gasteiger partial charge in [-0.1, -0.05) is 30.4 Å². The van der Waals surface area contributed by atoms with E-state index in [0.717, 1.165) is 38.1 Å². The summed E-state index contributed by atoms with van der Waals surface area (Å²) in [6.45, 7) is 1.74. The molecular weight excluding hydrogens is 535 g/mol. The van der Waals surface area contributed by atoms with E-state index in [1.165, 1.54) is 30.7 Å². The molecule has 0 bridgehead atoms. The van der Waals surface area contributed by atoms with Crippen LogP contribution in [0.5, 0.6) is 0 Å². The van der Waals surface area contributed by atoms with Crippen molar-refractivity contribution < 1.29 is 27.9 Å². The van der Waals surface area contributed by atoms with Crippen LogP contribution < -0.4 is 15.5 Å². The number of nitrogens with one attached hydrogen (secondary N) is 2. The molecule has 3 heterocycles. The van der Waals surface area contributed by atoms with Gasteiger partial charge in [0.15, 0.2) is 0 Å². The highest BCUT2D eigenvalue weighted by Gasteiger charge is 2.30. The Hall–Kier alpha value is -4.51. The minimum Gasteiger partial charge on any atom is -0.383 e. The Bertz CT molecular complexity index is 1480. The molecule has 1 unspecified atom stereocenters. The van der Waals surface area contributed by atoms with E-state index in [1.807, 2.05) is 0 Å². The molecule has 41 heavy (non-hydrogen) atoms. The summed E-state index contributed by atoms with van der Waals surface area (Å²) in [5.74, 6) is -0.373. The van der Waals surface area contributed by atoms with Gasteiger partial charge in [-0.3, -0.25) is 9.59 Å². The van der Waals surface area contributed by atoms with Crippen molar-refractivity contribution in [2.24, 2.45) is 0 Å². The number of amides is 2. The van der Waals surface area contributed by atoms with Gasteiger partial charge in [0.2, 0.25) is 11.9 Å². The Morgan fingerprint density at radius 2 is 1.73 bits per heavy atom. The number of benzene rings is 2. The van der Waals surface area contributed by atoms with E-state index in [4.69, 9.17) is 0 Å². The molecule has 1 fully saturated rings. The summed E-state index contributed by atoms with van der Waals surface area (Å²) >= 11 is 0. The minimum absolute atomic E-state index is 0.0622. The number of aliphatic hydroxyl groups excluding tert-OH is 1. The molecule has 2 aliphatic heterocycles. The number of hydrogen-bond acceptors (Lipinski definition) is 6. The Balaban J connectivity index is 1.39. The van der Waals surface area contributed by atoms with Gasteiger partial charge >= 0.3 is 6.18 Å². The Labute approximate surface area is 234 Å². The van der Waals surface area contributed by atoms with E-state index in [0.29, 0.717) is 39.6 Å². The van der Waals surface area contributed by atoms with Gasteiger partial charge in [0.1, 0.15) is 6.10 Å². The van der Waals surface area contributed by atoms with E-state index < -0.39 is 29.7 Å². The van der Waals surface area contributed by atoms with Gasteiger partial charge in [-0.2, -0.15) is 13.2 Å². The number of fused-ring (bicyclic) bond motifs is 1. The molecule has 0 spiro atoms. The highest BCUT2D eigenvalue weighted by Crippen LogP contribution is 2.32. The second kappa shape index (κ2) is 11.9. The normalized spacial score (nSPS) is 17.8. The zero-order chi connectivity index (χ0) is 29.0. The third-order valence-corrected chi connectivity index (χ3v) is 7.01. The number of aliphatic hydroxyl groups is 1. The summed E-state index contributed by atoms with van der Waals surface area (Å²) in [7, 11) is 0. The fourth-order valence-electron chi connectivity index (χ4n) is 4.86. The number of allylic oxidation sites excluding steroid dienone is 2. The molecule has 2 aromatic carbocycles. The molecule has 0 radical (unpaired) electrons. The molecule has 3 aromatic rings. The molecule has 3 N–H and O–H groups in total. The number of anilines is 3. The largest absolute Gasteiger partial charge is 0.416 e. The maximum Gasteiger partial charge on any atom is 0.416 e. The average molecular weight is 564 g/mol. The molecule has 2 amide bonds. The van der Waals surface area contributed by atoms with E-state index in [1.54, 1.807) is 36.7 Å². The number of nitrogens with zero attached hydrogens (tertiary/aromatic N) is 3. The lowest BCUT2D eigenvalue weighted by Crippen LogP contribution is -2.34. The van der Waals surface area contributed by atoms with Crippen LogP contribution in [-0.2, 0) is 22.2 Å². The zero-order valence-electron chi connectivity index (χ0n) is 22.0. The maximum absolute atomic E-state index is 13.2. The maximum atomic E-state index is 13.2. The van der Waals surface area contributed by atoms with Crippen LogP contribution in [0.3, 0.4) is 0 Å². The van der Waals surface area contributed by atoms with Crippen molar-refractivity contribution in [3.05, 3.63) is 95.3 Å². The second-order valence-electron chi connectivity index (χ2n) is 9.86. The Morgan fingerprint density at radius 3 is 2.41 bits per heavy atom. The fraction of sp³-hybridized carbons (Fsp3) is 0.267. The van der Waals surface area contributed by atoms with Crippen molar-refractivity contribution in [3.8, 4) is 0 Å². The van der Waals surface area contributed by atoms with Crippen LogP contribution in [0.1, 0.15) is 41.5 Å². The summed E-state index contributed by atoms with van der Waals surface area (Å²) in [5.41, 5.74) is 2.42. The smallest absolute Gasteiger partial charge is 0.383 e. The number of piperidine rings is 1. The van der Waals surface area contributed by atoms with Crippen molar-refractivity contribution in [1.29, 1.82) is 0 Å². The standard InChI is InChI=1S/C30H28F3N5O3/c31-30(32,33)21-12-10-19(11-13-21)22(20-17-34-29(35-18-20)38-14-2-1-3-15-38)6-4-9-27(40)36-24-7-5-8-25-23(24)16-26(39)28(41)37-25/h4-13,17-18,26,39H,1-3,14-16H2,(H,36,40)(H,37,41). The van der Waals surface area contributed by atoms with Gasteiger partial charge in [0.05, 0.1) is 5.56 Å². The molecule has 1 aromatic heterocycles. The summed E-state index contributed by atoms with van der Waals surface area (Å²) in [4.78, 5) is 35.6. The first-order valence-electron chi connectivity index (χ1n) is 13.2. The third-order valence-electron chi connectivity index (χ3n) is 7.01. The van der Waals surface area contributed by atoms with Gasteiger partial charge < -0.3 is 20.6 Å². The van der Waals surface area contributed by atoms with Crippen LogP contribution in [-0.4, -0.2) is 46.1 Å². The van der Waals surface area contributed by atoms with Crippen molar-refractivity contribution in [2.45, 2.75) is 38.0 Å². The molecule has 0 saturated carbocycles. The van der Waals surface area contributed by atoms with Crippen LogP contribution in [0.25, 0.3) is 5.57 Å². The van der Waals surface area contributed by atoms with Crippen LogP contribution in [0.2, 0.25) is 0 Å². The fourth-order valence-corrected chi connectivity index (χ4v) is 4.86. The number of carbonyl (C=O) groups is 2. The van der Waals surface area contributed by atoms with Gasteiger partial charge in [-0.05, 0) is 54.7 Å². The zero-order valence-corrected chi connectivity index (χ0v) is 22.0. The molecule has 1 atom stereocenters. The van der Waals surface area contributed by atoms with Crippen molar-refractivity contribution in [3.63, 3.8) is 0 Å². The number of aromatic nitrogens is 2. The quantitative estimate of drug-likeness (QED) is 0.289. The van der Waals surface area contributed by atoms with Crippen LogP contribution >= 0.6 is 0 Å². The summed E-state index contributed by atoms with van der Waals surface area (Å²) in [5, 5.41) is 15.3. The highest BCUT2D eigenvalue weighted by atomic mass is 19.4. The Morgan fingerprint density at radius 1 is 1.02 bits per heavy atom. The van der Waals surface area contributed by atoms with Crippen molar-refractivity contribution in [1.82, 2.24) is 9.97 Å². The number of rotatable bonds is 6. The van der Waals surface area contributed by atoms with Crippen LogP contribution in [0, 0.1) is 0 Å². The van der Waals surface area contributed by atoms with E-state index in [9.17, 15) is 27.9 Å². The second-order valence-corrected chi connectivity index (χ2v) is 9.86. The van der Waals surface area contributed by atoms with Crippen molar-refractivity contribution >= 4 is 34.7 Å². The first-order valence-corrected chi connectivity index (χ1v) is 13.2. The molecule has 212 valence electrons. The molecular formula is C30H28F3N5O3. The topological polar surface area (TPSA) is 107 Å². The van der Waals surface area contributed by atoms with Crippen LogP contribution in [0.4, 0.5) is 30.5 Å². The van der Waals surface area contributed by atoms with Gasteiger partial charge in [0.25, 0.3) is 5.91 Å². The Kier molecular flexibility index (Phi) is 8.16. The number of alkyl halides is 3. The monoisotopic (exact) mass is 563 g/mol. The SMILES string of the molecule is O=C(C=CC=C(c1ccc(C(F)(F)F)cc1)c1cnc(N2CCCCC2)nc1)Nc1cccc2c1CC(O)C(=O)N2. The average Bonchev–Trinajstić information content (AvgIpc) is 2.97. The first-order chi connectivity index (χ1) is 19.7. The number of carbonyl (C=O) groups excluding carboxylic acids is 2. The predicted octanol–water partition coefficient (Wildman–Crippen LogP) is 4.97. The predicted molar refractivity (Wildman–Crippen MR) is 149 cm³/mol. The van der Waals surface area contributed by atoms with Gasteiger partial charge in [-0.25, -0.2) is 9.97 Å². The summed E-state index contributed by atoms with van der Waals surface area (Å²) in [6.07, 6.45) is 5.33. The molecule has 1 saturated heterocycles. The van der Waals surface area contributed by atoms with Crippen LogP contribution in [0.15, 0.2) is 73.1 Å². The lowest BCUT2D eigenvalue weighted by molar-refractivity contribution is -0.137. The first kappa shape index (κ1) is 28.0. The van der Waals surface area contributed by atoms with Gasteiger partial charge in [0, 0.05) is 60.5 Å². The molecule has 0 aliphatic carbocycles. The lowest BCUT2D eigenvalue weighted by Gasteiger charge is -2.26. The number of halogens is 3. The van der Waals surface area contributed by atoms with Gasteiger partial charge in [-0.15, -0.1) is 0 Å². The molecule has 8 nitrogen and oxygen atoms in total. The van der Waals surface area contributed by atoms with E-state index in [2.05, 4.69) is 25.5 Å². The number of hydrogen-bond donors (Lipinski definition) is 3. The van der Waals surface area contributed by atoms with E-state index in [-0.39, 0.29) is 6.42 Å². The summed E-state index contributed by atoms with van der Waals surface area (Å²) < 4.78 is 39.5. The summed E-state index contributed by atoms with van der Waals surface area (Å²) in [6, 6.07) is 9.78. The highest BCUT2D eigenvalue weighted by molar-refractivity contribution is 6.03.